The van der Waals surface area contributed by atoms with Gasteiger partial charge in [0, 0.05) is 19.3 Å². The molecule has 0 amide bonds. The number of aliphatic imine (C=N–C) groups is 1. The second-order valence-electron chi connectivity index (χ2n) is 3.58. The van der Waals surface area contributed by atoms with Gasteiger partial charge < -0.3 is 15.4 Å². The van der Waals surface area contributed by atoms with Gasteiger partial charge in [-0.1, -0.05) is 11.6 Å². The number of halogens is 1. The van der Waals surface area contributed by atoms with E-state index in [4.69, 9.17) is 16.3 Å². The van der Waals surface area contributed by atoms with Gasteiger partial charge in [-0.2, -0.15) is 0 Å². The fraction of sp³-hybridized carbons (Fsp3) is 0.455. The van der Waals surface area contributed by atoms with Gasteiger partial charge in [0.1, 0.15) is 11.6 Å². The monoisotopic (exact) mass is 254 g/mol. The third-order valence-corrected chi connectivity index (χ3v) is 2.54. The van der Waals surface area contributed by atoms with E-state index in [1.807, 2.05) is 0 Å². The van der Waals surface area contributed by atoms with Crippen LogP contribution >= 0.6 is 11.6 Å². The fourth-order valence-electron chi connectivity index (χ4n) is 1.45. The Balaban J connectivity index is 1.69. The second kappa shape index (κ2) is 6.30. The van der Waals surface area contributed by atoms with Crippen molar-refractivity contribution in [3.63, 3.8) is 0 Å². The molecule has 17 heavy (non-hydrogen) atoms. The smallest absolute Gasteiger partial charge is 0.232 e. The van der Waals surface area contributed by atoms with Crippen molar-refractivity contribution in [2.75, 3.05) is 26.2 Å². The van der Waals surface area contributed by atoms with Crippen molar-refractivity contribution in [3.8, 4) is 5.88 Å². The molecule has 0 bridgehead atoms. The first kappa shape index (κ1) is 12.0. The van der Waals surface area contributed by atoms with Crippen molar-refractivity contribution in [1.29, 1.82) is 0 Å². The van der Waals surface area contributed by atoms with E-state index in [1.165, 1.54) is 0 Å². The average molecular weight is 255 g/mol. The number of hydrogen-bond donors (Lipinski definition) is 2. The maximum Gasteiger partial charge on any atom is 0.232 e. The van der Waals surface area contributed by atoms with Crippen LogP contribution in [0.25, 0.3) is 0 Å². The summed E-state index contributed by atoms with van der Waals surface area (Å²) in [5, 5.41) is 6.85. The normalized spacial score (nSPS) is 14.8. The van der Waals surface area contributed by atoms with Gasteiger partial charge in [0.2, 0.25) is 5.88 Å². The Morgan fingerprint density at radius 1 is 1.53 bits per heavy atom. The number of guanidine groups is 1. The van der Waals surface area contributed by atoms with E-state index in [1.54, 1.807) is 18.3 Å². The third kappa shape index (κ3) is 3.78. The van der Waals surface area contributed by atoms with Crippen LogP contribution in [-0.2, 0) is 0 Å². The summed E-state index contributed by atoms with van der Waals surface area (Å²) in [5.74, 6) is 1.31. The Labute approximate surface area is 105 Å². The lowest BCUT2D eigenvalue weighted by molar-refractivity contribution is 0.310. The summed E-state index contributed by atoms with van der Waals surface area (Å²) in [6.07, 6.45) is 2.74. The van der Waals surface area contributed by atoms with E-state index < -0.39 is 0 Å². The molecule has 0 saturated heterocycles. The number of rotatable bonds is 4. The van der Waals surface area contributed by atoms with Crippen LogP contribution in [0.1, 0.15) is 6.42 Å². The molecule has 6 heteroatoms. The first-order valence-corrected chi connectivity index (χ1v) is 5.99. The molecule has 2 rings (SSSR count). The predicted molar refractivity (Wildman–Crippen MR) is 67.7 cm³/mol. The molecule has 2 N–H and O–H groups in total. The van der Waals surface area contributed by atoms with E-state index >= 15 is 0 Å². The van der Waals surface area contributed by atoms with Gasteiger partial charge in [0.25, 0.3) is 0 Å². The summed E-state index contributed by atoms with van der Waals surface area (Å²) >= 11 is 5.91. The first-order valence-electron chi connectivity index (χ1n) is 5.62. The standard InChI is InChI=1S/C11H15ClN4O/c12-9-3-1-4-13-10(9)17-8-7-16-11-14-5-2-6-15-11/h1,3-4H,2,5-8H2,(H2,14,15,16). The fourth-order valence-corrected chi connectivity index (χ4v) is 1.62. The van der Waals surface area contributed by atoms with Gasteiger partial charge in [-0.15, -0.1) is 0 Å². The van der Waals surface area contributed by atoms with Crippen LogP contribution in [0.15, 0.2) is 23.3 Å². The molecule has 0 unspecified atom stereocenters. The van der Waals surface area contributed by atoms with E-state index in [9.17, 15) is 0 Å². The Kier molecular flexibility index (Phi) is 4.44. The average Bonchev–Trinajstić information content (AvgIpc) is 2.38. The van der Waals surface area contributed by atoms with E-state index in [2.05, 4.69) is 20.6 Å². The highest BCUT2D eigenvalue weighted by Crippen LogP contribution is 2.19. The van der Waals surface area contributed by atoms with Crippen molar-refractivity contribution < 1.29 is 4.74 Å². The molecule has 0 radical (unpaired) electrons. The number of ether oxygens (including phenoxy) is 1. The number of hydrogen-bond acceptors (Lipinski definition) is 5. The molecule has 0 saturated carbocycles. The minimum Gasteiger partial charge on any atom is -0.475 e. The molecule has 0 aliphatic carbocycles. The highest BCUT2D eigenvalue weighted by Gasteiger charge is 2.03. The van der Waals surface area contributed by atoms with E-state index in [0.717, 1.165) is 25.5 Å². The molecular formula is C11H15ClN4O. The maximum absolute atomic E-state index is 5.91. The van der Waals surface area contributed by atoms with Crippen LogP contribution in [0, 0.1) is 0 Å². The number of pyridine rings is 1. The van der Waals surface area contributed by atoms with Gasteiger partial charge in [-0.05, 0) is 18.6 Å². The minimum absolute atomic E-state index is 0.467. The zero-order chi connectivity index (χ0) is 11.9. The van der Waals surface area contributed by atoms with Crippen LogP contribution in [0.4, 0.5) is 0 Å². The minimum atomic E-state index is 0.467. The van der Waals surface area contributed by atoms with Crippen LogP contribution < -0.4 is 15.4 Å². The number of nitrogens with one attached hydrogen (secondary N) is 2. The summed E-state index contributed by atoms with van der Waals surface area (Å²) in [7, 11) is 0. The van der Waals surface area contributed by atoms with Gasteiger partial charge >= 0.3 is 0 Å². The van der Waals surface area contributed by atoms with Crippen molar-refractivity contribution in [2.24, 2.45) is 4.99 Å². The highest BCUT2D eigenvalue weighted by molar-refractivity contribution is 6.31. The largest absolute Gasteiger partial charge is 0.475 e. The molecule has 0 spiro atoms. The predicted octanol–water partition coefficient (Wildman–Crippen LogP) is 1.05. The summed E-state index contributed by atoms with van der Waals surface area (Å²) < 4.78 is 5.44. The van der Waals surface area contributed by atoms with Crippen LogP contribution in [0.5, 0.6) is 5.88 Å². The lowest BCUT2D eigenvalue weighted by Gasteiger charge is -2.16. The first-order chi connectivity index (χ1) is 8.36. The topological polar surface area (TPSA) is 58.5 Å². The van der Waals surface area contributed by atoms with Gasteiger partial charge in [0.05, 0.1) is 6.54 Å². The van der Waals surface area contributed by atoms with Crippen LogP contribution in [-0.4, -0.2) is 37.2 Å². The molecule has 1 aliphatic heterocycles. The third-order valence-electron chi connectivity index (χ3n) is 2.26. The molecule has 1 aromatic rings. The zero-order valence-electron chi connectivity index (χ0n) is 9.45. The Morgan fingerprint density at radius 2 is 2.47 bits per heavy atom. The summed E-state index contributed by atoms with van der Waals surface area (Å²) in [6, 6.07) is 3.53. The second-order valence-corrected chi connectivity index (χ2v) is 3.98. The zero-order valence-corrected chi connectivity index (χ0v) is 10.2. The summed E-state index contributed by atoms with van der Waals surface area (Å²) in [5.41, 5.74) is 0. The SMILES string of the molecule is Clc1cccnc1OCCNC1=NCCCN1. The number of aromatic nitrogens is 1. The van der Waals surface area contributed by atoms with Crippen molar-refractivity contribution in [3.05, 3.63) is 23.4 Å². The maximum atomic E-state index is 5.91. The van der Waals surface area contributed by atoms with E-state index in [-0.39, 0.29) is 0 Å². The lowest BCUT2D eigenvalue weighted by Crippen LogP contribution is -2.42. The molecular weight excluding hydrogens is 240 g/mol. The summed E-state index contributed by atoms with van der Waals surface area (Å²) in [4.78, 5) is 8.32. The molecule has 0 atom stereocenters. The van der Waals surface area contributed by atoms with Crippen molar-refractivity contribution in [1.82, 2.24) is 15.6 Å². The molecule has 5 nitrogen and oxygen atoms in total. The van der Waals surface area contributed by atoms with Crippen molar-refractivity contribution >= 4 is 17.6 Å². The van der Waals surface area contributed by atoms with Gasteiger partial charge in [-0.3, -0.25) is 4.99 Å². The van der Waals surface area contributed by atoms with Gasteiger partial charge in [-0.25, -0.2) is 4.98 Å². The molecule has 0 fully saturated rings. The Morgan fingerprint density at radius 3 is 3.24 bits per heavy atom. The van der Waals surface area contributed by atoms with Crippen LogP contribution in [0.3, 0.4) is 0 Å². The molecule has 2 heterocycles. The van der Waals surface area contributed by atoms with E-state index in [0.29, 0.717) is 24.1 Å². The Hall–Kier alpha value is -1.49. The summed E-state index contributed by atoms with van der Waals surface area (Å²) in [6.45, 7) is 3.01. The molecule has 0 aromatic carbocycles. The van der Waals surface area contributed by atoms with Crippen molar-refractivity contribution in [2.45, 2.75) is 6.42 Å². The highest BCUT2D eigenvalue weighted by atomic mass is 35.5. The lowest BCUT2D eigenvalue weighted by atomic mass is 10.4. The van der Waals surface area contributed by atoms with Crippen LogP contribution in [0.2, 0.25) is 5.02 Å². The molecule has 1 aromatic heterocycles. The molecule has 1 aliphatic rings. The number of nitrogens with zero attached hydrogens (tertiary/aromatic N) is 2. The molecule has 92 valence electrons. The quantitative estimate of drug-likeness (QED) is 0.789. The van der Waals surface area contributed by atoms with Gasteiger partial charge in [0.15, 0.2) is 5.96 Å². The Bertz CT molecular complexity index is 397.